The number of aryl methyl sites for hydroxylation is 1. The van der Waals surface area contributed by atoms with Crippen LogP contribution in [0.15, 0.2) is 72.8 Å². The van der Waals surface area contributed by atoms with Crippen LogP contribution < -0.4 is 9.62 Å². The van der Waals surface area contributed by atoms with Crippen LogP contribution in [-0.2, 0) is 32.6 Å². The summed E-state index contributed by atoms with van der Waals surface area (Å²) in [5, 5.41) is 3.43. The van der Waals surface area contributed by atoms with Gasteiger partial charge in [-0.05, 0) is 49.6 Å². The Balaban J connectivity index is 2.07. The van der Waals surface area contributed by atoms with Crippen molar-refractivity contribution in [2.24, 2.45) is 0 Å². The van der Waals surface area contributed by atoms with Gasteiger partial charge >= 0.3 is 0 Å². The molecule has 0 saturated heterocycles. The minimum atomic E-state index is -3.90. The highest BCUT2D eigenvalue weighted by atomic mass is 35.5. The minimum absolute atomic E-state index is 0.106. The Kier molecular flexibility index (Phi) is 11.0. The predicted octanol–water partition coefficient (Wildman–Crippen LogP) is 5.62. The lowest BCUT2D eigenvalue weighted by atomic mass is 10.0. The van der Waals surface area contributed by atoms with Crippen LogP contribution >= 0.6 is 23.2 Å². The third-order valence-corrected chi connectivity index (χ3v) is 8.46. The van der Waals surface area contributed by atoms with Gasteiger partial charge in [-0.25, -0.2) is 8.42 Å². The third-order valence-electron chi connectivity index (χ3n) is 6.58. The number of carbonyl (C=O) groups is 2. The molecule has 0 aliphatic heterocycles. The number of rotatable bonds is 12. The molecule has 0 aliphatic carbocycles. The molecular weight excluding hydrogens is 569 g/mol. The Morgan fingerprint density at radius 3 is 2.20 bits per heavy atom. The first-order valence-electron chi connectivity index (χ1n) is 13.0. The summed E-state index contributed by atoms with van der Waals surface area (Å²) in [5.41, 5.74) is 2.90. The maximum atomic E-state index is 14.1. The van der Waals surface area contributed by atoms with E-state index >= 15 is 0 Å². The summed E-state index contributed by atoms with van der Waals surface area (Å²) in [6, 6.07) is 20.5. The van der Waals surface area contributed by atoms with Crippen molar-refractivity contribution in [2.75, 3.05) is 17.1 Å². The molecule has 40 heavy (non-hydrogen) atoms. The molecule has 7 nitrogen and oxygen atoms in total. The number of hydrogen-bond donors (Lipinski definition) is 1. The van der Waals surface area contributed by atoms with Gasteiger partial charge in [-0.2, -0.15) is 0 Å². The summed E-state index contributed by atoms with van der Waals surface area (Å²) < 4.78 is 26.7. The van der Waals surface area contributed by atoms with Gasteiger partial charge in [0.1, 0.15) is 12.6 Å². The largest absolute Gasteiger partial charge is 0.352 e. The van der Waals surface area contributed by atoms with Crippen molar-refractivity contribution in [2.45, 2.75) is 52.2 Å². The van der Waals surface area contributed by atoms with Gasteiger partial charge in [0, 0.05) is 19.0 Å². The summed E-state index contributed by atoms with van der Waals surface area (Å²) >= 11 is 12.2. The third kappa shape index (κ3) is 8.71. The average Bonchev–Trinajstić information content (AvgIpc) is 2.90. The minimum Gasteiger partial charge on any atom is -0.352 e. The van der Waals surface area contributed by atoms with E-state index in [1.165, 1.54) is 23.1 Å². The van der Waals surface area contributed by atoms with Gasteiger partial charge in [0.2, 0.25) is 21.8 Å². The quantitative estimate of drug-likeness (QED) is 0.291. The molecule has 1 N–H and O–H groups in total. The molecule has 0 spiro atoms. The molecule has 2 amide bonds. The number of halogens is 2. The molecule has 2 atom stereocenters. The van der Waals surface area contributed by atoms with E-state index in [4.69, 9.17) is 23.2 Å². The maximum absolute atomic E-state index is 14.1. The molecule has 10 heteroatoms. The normalized spacial score (nSPS) is 12.8. The van der Waals surface area contributed by atoms with Crippen molar-refractivity contribution in [3.63, 3.8) is 0 Å². The number of benzene rings is 3. The number of hydrogen-bond acceptors (Lipinski definition) is 4. The number of sulfonamides is 1. The Morgan fingerprint density at radius 2 is 1.60 bits per heavy atom. The van der Waals surface area contributed by atoms with Crippen molar-refractivity contribution in [3.8, 4) is 0 Å². The second-order valence-electron chi connectivity index (χ2n) is 9.90. The van der Waals surface area contributed by atoms with Crippen LogP contribution in [0.2, 0.25) is 10.0 Å². The van der Waals surface area contributed by atoms with Gasteiger partial charge in [0.25, 0.3) is 0 Å². The van der Waals surface area contributed by atoms with Gasteiger partial charge < -0.3 is 10.2 Å². The molecule has 0 saturated carbocycles. The Labute approximate surface area is 247 Å². The van der Waals surface area contributed by atoms with E-state index in [0.29, 0.717) is 0 Å². The van der Waals surface area contributed by atoms with E-state index in [-0.39, 0.29) is 40.6 Å². The first kappa shape index (κ1) is 31.5. The van der Waals surface area contributed by atoms with Crippen LogP contribution in [-0.4, -0.2) is 50.0 Å². The average molecular weight is 605 g/mol. The van der Waals surface area contributed by atoms with Crippen molar-refractivity contribution in [1.29, 1.82) is 0 Å². The highest BCUT2D eigenvalue weighted by Gasteiger charge is 2.33. The zero-order chi connectivity index (χ0) is 29.4. The summed E-state index contributed by atoms with van der Waals surface area (Å²) in [7, 11) is -3.90. The molecule has 3 aromatic carbocycles. The van der Waals surface area contributed by atoms with Crippen LogP contribution in [0.4, 0.5) is 5.69 Å². The predicted molar refractivity (Wildman–Crippen MR) is 162 cm³/mol. The fraction of sp³-hybridized carbons (Fsp3) is 0.333. The lowest BCUT2D eigenvalue weighted by Gasteiger charge is -2.34. The summed E-state index contributed by atoms with van der Waals surface area (Å²) in [6.45, 7) is 5.41. The summed E-state index contributed by atoms with van der Waals surface area (Å²) in [4.78, 5) is 29.2. The summed E-state index contributed by atoms with van der Waals surface area (Å²) in [6.07, 6.45) is 1.99. The molecule has 214 valence electrons. The first-order chi connectivity index (χ1) is 18.9. The van der Waals surface area contributed by atoms with Crippen LogP contribution in [0.3, 0.4) is 0 Å². The second kappa shape index (κ2) is 14.0. The molecule has 0 bridgehead atoms. The van der Waals surface area contributed by atoms with Crippen molar-refractivity contribution >= 4 is 50.7 Å². The van der Waals surface area contributed by atoms with E-state index in [0.717, 1.165) is 33.7 Å². The highest BCUT2D eigenvalue weighted by molar-refractivity contribution is 7.92. The number of nitrogens with one attached hydrogen (secondary N) is 1. The van der Waals surface area contributed by atoms with Gasteiger partial charge in [0.15, 0.2) is 0 Å². The van der Waals surface area contributed by atoms with Crippen LogP contribution in [0.5, 0.6) is 0 Å². The molecule has 0 heterocycles. The van der Waals surface area contributed by atoms with Crippen molar-refractivity contribution in [3.05, 3.63) is 99.5 Å². The molecule has 0 aliphatic rings. The van der Waals surface area contributed by atoms with Crippen LogP contribution in [0.25, 0.3) is 0 Å². The van der Waals surface area contributed by atoms with Crippen molar-refractivity contribution < 1.29 is 18.0 Å². The molecule has 0 aromatic heterocycles. The second-order valence-corrected chi connectivity index (χ2v) is 12.6. The number of carbonyl (C=O) groups excluding carboxylic acids is 2. The lowest BCUT2D eigenvalue weighted by molar-refractivity contribution is -0.140. The zero-order valence-corrected chi connectivity index (χ0v) is 25.4. The first-order valence-corrected chi connectivity index (χ1v) is 15.6. The number of anilines is 1. The van der Waals surface area contributed by atoms with Crippen LogP contribution in [0, 0.1) is 6.92 Å². The van der Waals surface area contributed by atoms with Gasteiger partial charge in [-0.1, -0.05) is 90.3 Å². The molecule has 0 fully saturated rings. The fourth-order valence-corrected chi connectivity index (χ4v) is 5.39. The van der Waals surface area contributed by atoms with Gasteiger partial charge in [-0.15, -0.1) is 0 Å². The fourth-order valence-electron chi connectivity index (χ4n) is 4.26. The van der Waals surface area contributed by atoms with Gasteiger partial charge in [0.05, 0.1) is 22.0 Å². The molecule has 3 aromatic rings. The number of nitrogens with zero attached hydrogens (tertiary/aromatic N) is 2. The van der Waals surface area contributed by atoms with E-state index in [2.05, 4.69) is 5.32 Å². The standard InChI is InChI=1S/C30H35Cl2N3O4S/c1-5-22(3)33-30(37)28(17-23-11-7-6-8-12-23)34(19-24-13-9-10-21(2)16-24)29(36)20-35(40(4,38)39)25-14-15-26(31)27(32)18-25/h6-16,18,22,28H,5,17,19-20H2,1-4H3,(H,33,37)/t22-,28-/m1/s1. The van der Waals surface area contributed by atoms with E-state index in [1.54, 1.807) is 0 Å². The van der Waals surface area contributed by atoms with Crippen LogP contribution in [0.1, 0.15) is 37.0 Å². The summed E-state index contributed by atoms with van der Waals surface area (Å²) in [5.74, 6) is -0.835. The lowest BCUT2D eigenvalue weighted by Crippen LogP contribution is -2.54. The topological polar surface area (TPSA) is 86.8 Å². The smallest absolute Gasteiger partial charge is 0.244 e. The van der Waals surface area contributed by atoms with Crippen molar-refractivity contribution in [1.82, 2.24) is 10.2 Å². The maximum Gasteiger partial charge on any atom is 0.244 e. The molecule has 0 radical (unpaired) electrons. The number of amides is 2. The van der Waals surface area contributed by atoms with Gasteiger partial charge in [-0.3, -0.25) is 13.9 Å². The van der Waals surface area contributed by atoms with E-state index in [1.807, 2.05) is 75.4 Å². The highest BCUT2D eigenvalue weighted by Crippen LogP contribution is 2.29. The molecular formula is C30H35Cl2N3O4S. The Hall–Kier alpha value is -3.07. The van der Waals surface area contributed by atoms with E-state index < -0.39 is 28.5 Å². The van der Waals surface area contributed by atoms with E-state index in [9.17, 15) is 18.0 Å². The molecule has 0 unspecified atom stereocenters. The molecule has 3 rings (SSSR count). The SMILES string of the molecule is CC[C@@H](C)NC(=O)[C@@H](Cc1ccccc1)N(Cc1cccc(C)c1)C(=O)CN(c1ccc(Cl)c(Cl)c1)S(C)(=O)=O. The zero-order valence-electron chi connectivity index (χ0n) is 23.1. The Bertz CT molecular complexity index is 1430. The Morgan fingerprint density at radius 1 is 0.925 bits per heavy atom. The monoisotopic (exact) mass is 603 g/mol.